The number of benzene rings is 3. The van der Waals surface area contributed by atoms with E-state index in [9.17, 15) is 19.0 Å². The molecule has 0 unspecified atom stereocenters. The predicted molar refractivity (Wildman–Crippen MR) is 181 cm³/mol. The summed E-state index contributed by atoms with van der Waals surface area (Å²) in [6.07, 6.45) is 0.565. The Kier molecular flexibility index (Phi) is 11.4. The number of anilines is 2. The maximum atomic E-state index is 16.2. The Labute approximate surface area is 267 Å². The largest absolute Gasteiger partial charge is 0.497 e. The molecule has 2 atom stereocenters. The summed E-state index contributed by atoms with van der Waals surface area (Å²) in [6, 6.07) is 19.3. The van der Waals surface area contributed by atoms with E-state index in [0.29, 0.717) is 24.9 Å². The molecule has 45 heavy (non-hydrogen) atoms. The van der Waals surface area contributed by atoms with Crippen molar-refractivity contribution >= 4 is 28.1 Å². The zero-order chi connectivity index (χ0) is 32.8. The monoisotopic (exact) mass is 642 g/mol. The number of carbonyl (C=O) groups is 1. The van der Waals surface area contributed by atoms with E-state index in [0.717, 1.165) is 16.9 Å². The average molecular weight is 643 g/mol. The molecule has 0 aromatic heterocycles. The Morgan fingerprint density at radius 1 is 1.07 bits per heavy atom. The van der Waals surface area contributed by atoms with Gasteiger partial charge in [-0.25, -0.2) is 4.39 Å². The molecule has 0 spiro atoms. The van der Waals surface area contributed by atoms with Gasteiger partial charge in [-0.2, -0.15) is 0 Å². The van der Waals surface area contributed by atoms with Gasteiger partial charge in [-0.05, 0) is 82.3 Å². The number of hydrogen-bond donors (Lipinski definition) is 6. The van der Waals surface area contributed by atoms with Crippen LogP contribution in [0, 0.1) is 5.82 Å². The summed E-state index contributed by atoms with van der Waals surface area (Å²) in [4.78, 5) is 13.8. The fourth-order valence-electron chi connectivity index (χ4n) is 5.47. The summed E-state index contributed by atoms with van der Waals surface area (Å²) in [5.41, 5.74) is 1.53. The highest BCUT2D eigenvalue weighted by molar-refractivity contribution is 8.25. The molecular formula is C34H47FN4O5S. The van der Waals surface area contributed by atoms with Crippen LogP contribution in [0.5, 0.6) is 5.75 Å². The zero-order valence-corrected chi connectivity index (χ0v) is 27.5. The van der Waals surface area contributed by atoms with Gasteiger partial charge in [0.15, 0.2) is 5.82 Å². The van der Waals surface area contributed by atoms with Crippen LogP contribution in [0.15, 0.2) is 66.7 Å². The maximum absolute atomic E-state index is 16.2. The van der Waals surface area contributed by atoms with Crippen molar-refractivity contribution in [3.8, 4) is 5.75 Å². The van der Waals surface area contributed by atoms with Gasteiger partial charge in [-0.15, -0.1) is 10.8 Å². The summed E-state index contributed by atoms with van der Waals surface area (Å²) < 4.78 is 44.4. The molecule has 4 rings (SSSR count). The van der Waals surface area contributed by atoms with E-state index in [2.05, 4.69) is 16.0 Å². The van der Waals surface area contributed by atoms with E-state index in [-0.39, 0.29) is 36.1 Å². The molecule has 1 saturated heterocycles. The molecule has 1 aliphatic rings. The van der Waals surface area contributed by atoms with Gasteiger partial charge in [0.05, 0.1) is 36.3 Å². The summed E-state index contributed by atoms with van der Waals surface area (Å²) in [6.45, 7) is 8.23. The van der Waals surface area contributed by atoms with Crippen molar-refractivity contribution < 1.29 is 28.1 Å². The van der Waals surface area contributed by atoms with Crippen LogP contribution in [0.4, 0.5) is 15.8 Å². The number of carbonyl (C=O) groups excluding carboxylic acids is 1. The van der Waals surface area contributed by atoms with Gasteiger partial charge >= 0.3 is 0 Å². The van der Waals surface area contributed by atoms with Crippen LogP contribution in [-0.2, 0) is 12.0 Å². The van der Waals surface area contributed by atoms with Gasteiger partial charge in [0.1, 0.15) is 5.75 Å². The summed E-state index contributed by atoms with van der Waals surface area (Å²) >= 11 is 0. The highest BCUT2D eigenvalue weighted by atomic mass is 32.3. The number of methoxy groups -OCH3 is 1. The lowest BCUT2D eigenvalue weighted by molar-refractivity contribution is 0.0810. The SMILES string of the molecule is COc1cccc(C(C)(C)NC[C@H](O)[C@H](Cc2ccccc2)NC(=O)c2cc(NC(C)C)cc(N3CCCCS3(O)O)c2F)c1. The van der Waals surface area contributed by atoms with Crippen molar-refractivity contribution in [3.63, 3.8) is 0 Å². The van der Waals surface area contributed by atoms with Gasteiger partial charge in [-0.3, -0.25) is 18.2 Å². The number of amides is 1. The molecule has 0 aliphatic carbocycles. The summed E-state index contributed by atoms with van der Waals surface area (Å²) in [5, 5.41) is 21.0. The van der Waals surface area contributed by atoms with Gasteiger partial charge in [0, 0.05) is 30.4 Å². The van der Waals surface area contributed by atoms with Gasteiger partial charge in [-0.1, -0.05) is 42.5 Å². The van der Waals surface area contributed by atoms with E-state index in [1.54, 1.807) is 7.11 Å². The topological polar surface area (TPSA) is 126 Å². The van der Waals surface area contributed by atoms with Gasteiger partial charge in [0.25, 0.3) is 5.91 Å². The van der Waals surface area contributed by atoms with E-state index >= 15 is 4.39 Å². The van der Waals surface area contributed by atoms with Crippen LogP contribution in [-0.4, -0.2) is 64.3 Å². The van der Waals surface area contributed by atoms with Crippen LogP contribution in [0.25, 0.3) is 0 Å². The Morgan fingerprint density at radius 2 is 1.80 bits per heavy atom. The van der Waals surface area contributed by atoms with Crippen LogP contribution in [0.3, 0.4) is 0 Å². The number of aliphatic hydroxyl groups is 1. The first-order valence-electron chi connectivity index (χ1n) is 15.4. The Balaban J connectivity index is 1.62. The van der Waals surface area contributed by atoms with Crippen molar-refractivity contribution in [3.05, 3.63) is 89.2 Å². The minimum atomic E-state index is -3.24. The van der Waals surface area contributed by atoms with E-state index in [4.69, 9.17) is 4.74 Å². The molecule has 1 fully saturated rings. The fraction of sp³-hybridized carbons (Fsp3) is 0.441. The third-order valence-electron chi connectivity index (χ3n) is 8.03. The summed E-state index contributed by atoms with van der Waals surface area (Å²) in [7, 11) is -1.63. The minimum absolute atomic E-state index is 0.0207. The van der Waals surface area contributed by atoms with Crippen LogP contribution < -0.4 is 25.0 Å². The molecule has 0 saturated carbocycles. The molecule has 11 heteroatoms. The number of nitrogens with one attached hydrogen (secondary N) is 3. The van der Waals surface area contributed by atoms with Crippen molar-refractivity contribution in [2.75, 3.05) is 35.6 Å². The average Bonchev–Trinajstić information content (AvgIpc) is 3.00. The number of halogens is 1. The molecule has 1 aliphatic heterocycles. The lowest BCUT2D eigenvalue weighted by atomic mass is 9.93. The molecular weight excluding hydrogens is 595 g/mol. The number of ether oxygens (including phenoxy) is 1. The first-order valence-corrected chi connectivity index (χ1v) is 17.0. The quantitative estimate of drug-likeness (QED) is 0.131. The number of aliphatic hydroxyl groups excluding tert-OH is 1. The smallest absolute Gasteiger partial charge is 0.254 e. The lowest BCUT2D eigenvalue weighted by Crippen LogP contribution is -2.51. The second-order valence-electron chi connectivity index (χ2n) is 12.4. The van der Waals surface area contributed by atoms with Crippen LogP contribution >= 0.6 is 10.8 Å². The molecule has 3 aromatic rings. The molecule has 3 aromatic carbocycles. The second kappa shape index (κ2) is 14.8. The number of rotatable bonds is 13. The first-order chi connectivity index (χ1) is 21.3. The predicted octanol–water partition coefficient (Wildman–Crippen LogP) is 6.15. The normalized spacial score (nSPS) is 17.0. The van der Waals surface area contributed by atoms with Gasteiger partial charge < -0.3 is 25.8 Å². The highest BCUT2D eigenvalue weighted by Gasteiger charge is 2.33. The third-order valence-corrected chi connectivity index (χ3v) is 9.95. The molecule has 0 radical (unpaired) electrons. The number of hydrogen-bond acceptors (Lipinski definition) is 8. The van der Waals surface area contributed by atoms with E-state index < -0.39 is 40.2 Å². The van der Waals surface area contributed by atoms with Crippen molar-refractivity contribution in [2.24, 2.45) is 0 Å². The van der Waals surface area contributed by atoms with Crippen LogP contribution in [0.1, 0.15) is 62.0 Å². The molecule has 6 N–H and O–H groups in total. The first kappa shape index (κ1) is 34.5. The van der Waals surface area contributed by atoms with Crippen molar-refractivity contribution in [1.29, 1.82) is 0 Å². The minimum Gasteiger partial charge on any atom is -0.497 e. The zero-order valence-electron chi connectivity index (χ0n) is 26.7. The maximum Gasteiger partial charge on any atom is 0.254 e. The molecule has 1 amide bonds. The van der Waals surface area contributed by atoms with Gasteiger partial charge in [0.2, 0.25) is 0 Å². The molecule has 9 nitrogen and oxygen atoms in total. The Bertz CT molecular complexity index is 1440. The Hall–Kier alpha value is -3.35. The summed E-state index contributed by atoms with van der Waals surface area (Å²) in [5.74, 6) is -0.686. The molecule has 246 valence electrons. The fourth-order valence-corrected chi connectivity index (χ4v) is 7.15. The van der Waals surface area contributed by atoms with Crippen molar-refractivity contribution in [2.45, 2.75) is 70.7 Å². The number of nitrogens with zero attached hydrogens (tertiary/aromatic N) is 1. The Morgan fingerprint density at radius 3 is 2.47 bits per heavy atom. The third kappa shape index (κ3) is 8.89. The molecule has 1 heterocycles. The van der Waals surface area contributed by atoms with Crippen LogP contribution in [0.2, 0.25) is 0 Å². The van der Waals surface area contributed by atoms with E-state index in [1.807, 2.05) is 82.3 Å². The molecule has 0 bridgehead atoms. The standard InChI is InChI=1S/C34H47FN4O5S/c1-23(2)37-26-20-28(32(35)30(21-26)39-16-9-10-17-45(39,42)43)33(41)38-29(18-24-12-7-6-8-13-24)31(40)22-36-34(3,4)25-14-11-15-27(19-25)44-5/h6-8,11-15,19-21,23,29,31,36-37,40,42-43H,9-10,16-18,22H2,1-5H3,(H,38,41)/t29-,31-/m0/s1. The lowest BCUT2D eigenvalue weighted by Gasteiger charge is -2.47. The van der Waals surface area contributed by atoms with E-state index in [1.165, 1.54) is 16.4 Å². The van der Waals surface area contributed by atoms with Crippen molar-refractivity contribution in [1.82, 2.24) is 10.6 Å². The second-order valence-corrected chi connectivity index (χ2v) is 14.5. The highest BCUT2D eigenvalue weighted by Crippen LogP contribution is 2.51.